The summed E-state index contributed by atoms with van der Waals surface area (Å²) in [4.78, 5) is 11.7. The van der Waals surface area contributed by atoms with Crippen molar-refractivity contribution in [2.24, 2.45) is 0 Å². The Morgan fingerprint density at radius 3 is 2.41 bits per heavy atom. The third-order valence-corrected chi connectivity index (χ3v) is 2.93. The van der Waals surface area contributed by atoms with Crippen LogP contribution in [0, 0.1) is 0 Å². The molecule has 1 aromatic rings. The van der Waals surface area contributed by atoms with Gasteiger partial charge in [0.1, 0.15) is 11.4 Å². The van der Waals surface area contributed by atoms with Crippen molar-refractivity contribution in [1.82, 2.24) is 5.32 Å². The number of aliphatic hydroxyl groups is 1. The van der Waals surface area contributed by atoms with Gasteiger partial charge in [-0.15, -0.1) is 0 Å². The van der Waals surface area contributed by atoms with E-state index in [1.165, 1.54) is 0 Å². The lowest BCUT2D eigenvalue weighted by atomic mass is 10.1. The number of nitrogens with one attached hydrogen (secondary N) is 1. The van der Waals surface area contributed by atoms with Crippen LogP contribution < -0.4 is 10.1 Å². The third-order valence-electron chi connectivity index (χ3n) is 2.93. The fourth-order valence-electron chi connectivity index (χ4n) is 1.82. The second-order valence-electron chi connectivity index (χ2n) is 6.22. The molecule has 22 heavy (non-hydrogen) atoms. The van der Waals surface area contributed by atoms with Crippen LogP contribution >= 0.6 is 0 Å². The van der Waals surface area contributed by atoms with Gasteiger partial charge in [0.2, 0.25) is 0 Å². The SMILES string of the molecule is CC(NC(=O)OC(C)(C)C)c1ccc(OCCCCO)cc1. The van der Waals surface area contributed by atoms with E-state index in [0.29, 0.717) is 6.61 Å². The van der Waals surface area contributed by atoms with E-state index >= 15 is 0 Å². The first-order chi connectivity index (χ1) is 10.3. The van der Waals surface area contributed by atoms with Gasteiger partial charge >= 0.3 is 6.09 Å². The molecule has 0 aliphatic heterocycles. The molecule has 0 heterocycles. The van der Waals surface area contributed by atoms with Gasteiger partial charge in [0.15, 0.2) is 0 Å². The summed E-state index contributed by atoms with van der Waals surface area (Å²) in [5, 5.41) is 11.5. The van der Waals surface area contributed by atoms with Crippen molar-refractivity contribution in [1.29, 1.82) is 0 Å². The van der Waals surface area contributed by atoms with Gasteiger partial charge in [-0.2, -0.15) is 0 Å². The first kappa shape index (κ1) is 18.3. The Morgan fingerprint density at radius 2 is 1.86 bits per heavy atom. The number of rotatable bonds is 7. The van der Waals surface area contributed by atoms with Crippen LogP contribution in [0.3, 0.4) is 0 Å². The minimum Gasteiger partial charge on any atom is -0.494 e. The summed E-state index contributed by atoms with van der Waals surface area (Å²) < 4.78 is 10.8. The summed E-state index contributed by atoms with van der Waals surface area (Å²) in [7, 11) is 0. The molecule has 1 amide bonds. The third kappa shape index (κ3) is 7.31. The van der Waals surface area contributed by atoms with Gasteiger partial charge in [0.25, 0.3) is 0 Å². The highest BCUT2D eigenvalue weighted by atomic mass is 16.6. The molecule has 0 bridgehead atoms. The van der Waals surface area contributed by atoms with Gasteiger partial charge in [0.05, 0.1) is 12.6 Å². The predicted octanol–water partition coefficient (Wildman–Crippen LogP) is 3.42. The molecule has 0 aliphatic carbocycles. The Morgan fingerprint density at radius 1 is 1.23 bits per heavy atom. The van der Waals surface area contributed by atoms with E-state index in [1.807, 2.05) is 52.0 Å². The Labute approximate surface area is 132 Å². The summed E-state index contributed by atoms with van der Waals surface area (Å²) >= 11 is 0. The van der Waals surface area contributed by atoms with Crippen molar-refractivity contribution >= 4 is 6.09 Å². The van der Waals surface area contributed by atoms with Crippen LogP contribution in [-0.4, -0.2) is 30.0 Å². The van der Waals surface area contributed by atoms with Crippen molar-refractivity contribution in [3.8, 4) is 5.75 Å². The van der Waals surface area contributed by atoms with Crippen LogP contribution in [0.1, 0.15) is 52.1 Å². The summed E-state index contributed by atoms with van der Waals surface area (Å²) in [5.74, 6) is 0.783. The normalized spacial score (nSPS) is 12.6. The van der Waals surface area contributed by atoms with Crippen LogP contribution in [0.2, 0.25) is 0 Å². The molecule has 1 rings (SSSR count). The Kier molecular flexibility index (Phi) is 7.18. The topological polar surface area (TPSA) is 67.8 Å². The monoisotopic (exact) mass is 309 g/mol. The molecule has 0 saturated carbocycles. The van der Waals surface area contributed by atoms with Crippen molar-refractivity contribution < 1.29 is 19.4 Å². The van der Waals surface area contributed by atoms with Gasteiger partial charge in [0, 0.05) is 6.61 Å². The van der Waals surface area contributed by atoms with Crippen LogP contribution in [-0.2, 0) is 4.74 Å². The number of aliphatic hydroxyl groups excluding tert-OH is 1. The van der Waals surface area contributed by atoms with E-state index in [-0.39, 0.29) is 12.6 Å². The molecule has 0 aromatic heterocycles. The molecule has 124 valence electrons. The Hall–Kier alpha value is -1.75. The maximum absolute atomic E-state index is 11.7. The smallest absolute Gasteiger partial charge is 0.408 e. The van der Waals surface area contributed by atoms with Crippen LogP contribution in [0.15, 0.2) is 24.3 Å². The molecular weight excluding hydrogens is 282 g/mol. The standard InChI is InChI=1S/C17H27NO4/c1-13(18-16(20)22-17(2,3)4)14-7-9-15(10-8-14)21-12-6-5-11-19/h7-10,13,19H,5-6,11-12H2,1-4H3,(H,18,20). The maximum Gasteiger partial charge on any atom is 0.408 e. The Bertz CT molecular complexity index is 451. The lowest BCUT2D eigenvalue weighted by Gasteiger charge is -2.22. The highest BCUT2D eigenvalue weighted by molar-refractivity contribution is 5.68. The fourth-order valence-corrected chi connectivity index (χ4v) is 1.82. The lowest BCUT2D eigenvalue weighted by molar-refractivity contribution is 0.0508. The van der Waals surface area contributed by atoms with Gasteiger partial charge in [-0.25, -0.2) is 4.79 Å². The van der Waals surface area contributed by atoms with Crippen molar-refractivity contribution in [3.05, 3.63) is 29.8 Å². The minimum atomic E-state index is -0.504. The first-order valence-electron chi connectivity index (χ1n) is 7.65. The molecule has 1 aromatic carbocycles. The number of amides is 1. The number of carbonyl (C=O) groups excluding carboxylic acids is 1. The average molecular weight is 309 g/mol. The van der Waals surface area contributed by atoms with E-state index in [2.05, 4.69) is 5.32 Å². The number of unbranched alkanes of at least 4 members (excludes halogenated alkanes) is 1. The summed E-state index contributed by atoms with van der Waals surface area (Å²) in [6, 6.07) is 7.45. The molecule has 0 aliphatic rings. The number of hydrogen-bond acceptors (Lipinski definition) is 4. The summed E-state index contributed by atoms with van der Waals surface area (Å²) in [6.07, 6.45) is 1.15. The average Bonchev–Trinajstić information content (AvgIpc) is 2.42. The highest BCUT2D eigenvalue weighted by Crippen LogP contribution is 2.18. The second-order valence-corrected chi connectivity index (χ2v) is 6.22. The molecule has 1 atom stereocenters. The molecule has 0 spiro atoms. The quantitative estimate of drug-likeness (QED) is 0.757. The lowest BCUT2D eigenvalue weighted by Crippen LogP contribution is -2.34. The zero-order valence-corrected chi connectivity index (χ0v) is 13.9. The number of benzene rings is 1. The number of hydrogen-bond donors (Lipinski definition) is 2. The number of ether oxygens (including phenoxy) is 2. The van der Waals surface area contributed by atoms with Crippen LogP contribution in [0.25, 0.3) is 0 Å². The molecular formula is C17H27NO4. The van der Waals surface area contributed by atoms with Crippen molar-refractivity contribution in [2.45, 2.75) is 52.2 Å². The van der Waals surface area contributed by atoms with E-state index in [0.717, 1.165) is 24.2 Å². The zero-order chi connectivity index (χ0) is 16.6. The van der Waals surface area contributed by atoms with Crippen LogP contribution in [0.5, 0.6) is 5.75 Å². The predicted molar refractivity (Wildman–Crippen MR) is 86.0 cm³/mol. The molecule has 0 radical (unpaired) electrons. The van der Waals surface area contributed by atoms with E-state index in [1.54, 1.807) is 0 Å². The highest BCUT2D eigenvalue weighted by Gasteiger charge is 2.18. The molecule has 5 nitrogen and oxygen atoms in total. The van der Waals surface area contributed by atoms with Crippen molar-refractivity contribution in [2.75, 3.05) is 13.2 Å². The van der Waals surface area contributed by atoms with Gasteiger partial charge in [-0.3, -0.25) is 0 Å². The van der Waals surface area contributed by atoms with Gasteiger partial charge < -0.3 is 19.9 Å². The largest absolute Gasteiger partial charge is 0.494 e. The fraction of sp³-hybridized carbons (Fsp3) is 0.588. The summed E-state index contributed by atoms with van der Waals surface area (Å²) in [6.45, 7) is 8.18. The molecule has 2 N–H and O–H groups in total. The van der Waals surface area contributed by atoms with E-state index < -0.39 is 11.7 Å². The second kappa shape index (κ2) is 8.63. The maximum atomic E-state index is 11.7. The Balaban J connectivity index is 2.46. The first-order valence-corrected chi connectivity index (χ1v) is 7.65. The number of carbonyl (C=O) groups is 1. The van der Waals surface area contributed by atoms with Gasteiger partial charge in [-0.05, 0) is 58.2 Å². The van der Waals surface area contributed by atoms with Gasteiger partial charge in [-0.1, -0.05) is 12.1 Å². The molecule has 1 unspecified atom stereocenters. The molecule has 5 heteroatoms. The van der Waals surface area contributed by atoms with E-state index in [9.17, 15) is 4.79 Å². The number of alkyl carbamates (subject to hydrolysis) is 1. The molecule has 0 fully saturated rings. The van der Waals surface area contributed by atoms with E-state index in [4.69, 9.17) is 14.6 Å². The summed E-state index contributed by atoms with van der Waals surface area (Å²) in [5.41, 5.74) is 0.476. The van der Waals surface area contributed by atoms with Crippen molar-refractivity contribution in [3.63, 3.8) is 0 Å². The minimum absolute atomic E-state index is 0.140. The zero-order valence-electron chi connectivity index (χ0n) is 13.9. The van der Waals surface area contributed by atoms with Crippen LogP contribution in [0.4, 0.5) is 4.79 Å². The molecule has 0 saturated heterocycles.